The van der Waals surface area contributed by atoms with E-state index in [1.165, 1.54) is 0 Å². The summed E-state index contributed by atoms with van der Waals surface area (Å²) in [6, 6.07) is 10.8. The highest BCUT2D eigenvalue weighted by Crippen LogP contribution is 2.33. The van der Waals surface area contributed by atoms with Crippen molar-refractivity contribution in [1.82, 2.24) is 0 Å². The number of benzene rings is 2. The zero-order valence-electron chi connectivity index (χ0n) is 16.6. The molecule has 0 aliphatic rings. The Bertz CT molecular complexity index is 976. The van der Waals surface area contributed by atoms with Crippen molar-refractivity contribution in [3.63, 3.8) is 0 Å². The number of rotatable bonds is 8. The summed E-state index contributed by atoms with van der Waals surface area (Å²) in [4.78, 5) is 13.0. The molecule has 3 aromatic rings. The maximum atomic E-state index is 13.0. The van der Waals surface area contributed by atoms with Gasteiger partial charge in [0.15, 0.2) is 0 Å². The Kier molecular flexibility index (Phi) is 6.09. The number of unbranched alkanes of at least 4 members (excludes halogenated alkanes) is 1. The van der Waals surface area contributed by atoms with Crippen LogP contribution in [0.2, 0.25) is 0 Å². The predicted octanol–water partition coefficient (Wildman–Crippen LogP) is 5.19. The van der Waals surface area contributed by atoms with Gasteiger partial charge < -0.3 is 23.9 Å². The van der Waals surface area contributed by atoms with Crippen LogP contribution in [-0.2, 0) is 0 Å². The van der Waals surface area contributed by atoms with Crippen LogP contribution in [0.3, 0.4) is 0 Å². The molecule has 0 radical (unpaired) electrons. The van der Waals surface area contributed by atoms with Gasteiger partial charge in [-0.15, -0.1) is 0 Å². The first kappa shape index (κ1) is 19.6. The summed E-state index contributed by atoms with van der Waals surface area (Å²) in [5, 5.41) is 3.61. The van der Waals surface area contributed by atoms with Gasteiger partial charge in [0.1, 0.15) is 28.6 Å². The first-order valence-corrected chi connectivity index (χ1v) is 9.26. The standard InChI is InChI=1S/C22H25NO5/c1-5-6-11-27-16-8-9-19-17(12-16)21(14(2)28-19)22(24)23-18-13-15(25-3)7-10-20(18)26-4/h7-10,12-13H,5-6,11H2,1-4H3,(H,23,24). The first-order valence-electron chi connectivity index (χ1n) is 9.26. The van der Waals surface area contributed by atoms with Crippen molar-refractivity contribution < 1.29 is 23.4 Å². The molecule has 28 heavy (non-hydrogen) atoms. The Hall–Kier alpha value is -3.15. The van der Waals surface area contributed by atoms with Crippen LogP contribution >= 0.6 is 0 Å². The van der Waals surface area contributed by atoms with E-state index in [-0.39, 0.29) is 5.91 Å². The second-order valence-electron chi connectivity index (χ2n) is 6.41. The maximum absolute atomic E-state index is 13.0. The fourth-order valence-electron chi connectivity index (χ4n) is 3.00. The van der Waals surface area contributed by atoms with E-state index in [0.717, 1.165) is 18.6 Å². The molecule has 1 heterocycles. The monoisotopic (exact) mass is 383 g/mol. The Balaban J connectivity index is 1.93. The second kappa shape index (κ2) is 8.69. The van der Waals surface area contributed by atoms with Gasteiger partial charge in [-0.1, -0.05) is 13.3 Å². The molecule has 2 aromatic carbocycles. The van der Waals surface area contributed by atoms with Gasteiger partial charge in [-0.2, -0.15) is 0 Å². The van der Waals surface area contributed by atoms with Gasteiger partial charge in [0.05, 0.1) is 32.1 Å². The van der Waals surface area contributed by atoms with Gasteiger partial charge in [0.2, 0.25) is 0 Å². The number of hydrogen-bond acceptors (Lipinski definition) is 5. The Morgan fingerprint density at radius 3 is 2.57 bits per heavy atom. The highest BCUT2D eigenvalue weighted by molar-refractivity contribution is 6.14. The smallest absolute Gasteiger partial charge is 0.259 e. The van der Waals surface area contributed by atoms with Crippen LogP contribution in [0.15, 0.2) is 40.8 Å². The molecule has 0 fully saturated rings. The largest absolute Gasteiger partial charge is 0.497 e. The molecule has 0 unspecified atom stereocenters. The molecule has 0 atom stereocenters. The number of aryl methyl sites for hydroxylation is 1. The lowest BCUT2D eigenvalue weighted by Crippen LogP contribution is -2.13. The van der Waals surface area contributed by atoms with E-state index < -0.39 is 0 Å². The lowest BCUT2D eigenvalue weighted by Gasteiger charge is -2.12. The van der Waals surface area contributed by atoms with Crippen molar-refractivity contribution in [2.75, 3.05) is 26.1 Å². The second-order valence-corrected chi connectivity index (χ2v) is 6.41. The highest BCUT2D eigenvalue weighted by Gasteiger charge is 2.20. The molecule has 3 rings (SSSR count). The number of carbonyl (C=O) groups is 1. The van der Waals surface area contributed by atoms with Crippen LogP contribution < -0.4 is 19.5 Å². The van der Waals surface area contributed by atoms with Crippen molar-refractivity contribution in [3.8, 4) is 17.2 Å². The molecule has 6 nitrogen and oxygen atoms in total. The minimum absolute atomic E-state index is 0.284. The van der Waals surface area contributed by atoms with Gasteiger partial charge in [-0.05, 0) is 43.7 Å². The van der Waals surface area contributed by atoms with Crippen LogP contribution in [0.4, 0.5) is 5.69 Å². The summed E-state index contributed by atoms with van der Waals surface area (Å²) in [5.74, 6) is 2.14. The number of nitrogens with one attached hydrogen (secondary N) is 1. The molecule has 1 aromatic heterocycles. The molecule has 6 heteroatoms. The van der Waals surface area contributed by atoms with Gasteiger partial charge in [0.25, 0.3) is 5.91 Å². The molecule has 0 spiro atoms. The van der Waals surface area contributed by atoms with Gasteiger partial charge in [-0.25, -0.2) is 0 Å². The number of furan rings is 1. The summed E-state index contributed by atoms with van der Waals surface area (Å²) in [6.07, 6.45) is 2.04. The van der Waals surface area contributed by atoms with Crippen molar-refractivity contribution in [2.45, 2.75) is 26.7 Å². The van der Waals surface area contributed by atoms with Gasteiger partial charge in [-0.3, -0.25) is 4.79 Å². The highest BCUT2D eigenvalue weighted by atomic mass is 16.5. The Morgan fingerprint density at radius 2 is 1.86 bits per heavy atom. The van der Waals surface area contributed by atoms with Crippen molar-refractivity contribution in [3.05, 3.63) is 47.7 Å². The summed E-state index contributed by atoms with van der Waals surface area (Å²) >= 11 is 0. The van der Waals surface area contributed by atoms with E-state index in [1.807, 2.05) is 18.2 Å². The molecule has 0 aliphatic carbocycles. The summed E-state index contributed by atoms with van der Waals surface area (Å²) in [6.45, 7) is 4.53. The van der Waals surface area contributed by atoms with E-state index in [1.54, 1.807) is 39.3 Å². The molecular formula is C22H25NO5. The summed E-state index contributed by atoms with van der Waals surface area (Å²) < 4.78 is 22.1. The third kappa shape index (κ3) is 4.06. The van der Waals surface area contributed by atoms with Crippen LogP contribution in [0.1, 0.15) is 35.9 Å². The molecule has 148 valence electrons. The molecule has 1 amide bonds. The van der Waals surface area contributed by atoms with Crippen molar-refractivity contribution in [2.24, 2.45) is 0 Å². The topological polar surface area (TPSA) is 69.9 Å². The average Bonchev–Trinajstić information content (AvgIpc) is 3.03. The number of methoxy groups -OCH3 is 2. The summed E-state index contributed by atoms with van der Waals surface area (Å²) in [5.41, 5.74) is 1.64. The third-order valence-electron chi connectivity index (χ3n) is 4.48. The molecule has 0 aliphatic heterocycles. The zero-order valence-corrected chi connectivity index (χ0v) is 16.6. The Morgan fingerprint density at radius 1 is 1.07 bits per heavy atom. The molecule has 0 bridgehead atoms. The number of fused-ring (bicyclic) bond motifs is 1. The molecule has 1 N–H and O–H groups in total. The van der Waals surface area contributed by atoms with Gasteiger partial charge in [0, 0.05) is 11.5 Å². The van der Waals surface area contributed by atoms with Crippen LogP contribution in [-0.4, -0.2) is 26.7 Å². The van der Waals surface area contributed by atoms with Crippen LogP contribution in [0, 0.1) is 6.92 Å². The van der Waals surface area contributed by atoms with Gasteiger partial charge >= 0.3 is 0 Å². The number of carbonyl (C=O) groups excluding carboxylic acids is 1. The first-order chi connectivity index (χ1) is 13.6. The lowest BCUT2D eigenvalue weighted by atomic mass is 10.1. The summed E-state index contributed by atoms with van der Waals surface area (Å²) in [7, 11) is 3.12. The number of anilines is 1. The molecule has 0 saturated heterocycles. The lowest BCUT2D eigenvalue weighted by molar-refractivity contribution is 0.102. The van der Waals surface area contributed by atoms with E-state index in [0.29, 0.717) is 46.1 Å². The van der Waals surface area contributed by atoms with Crippen LogP contribution in [0.25, 0.3) is 11.0 Å². The van der Waals surface area contributed by atoms with Crippen molar-refractivity contribution in [1.29, 1.82) is 0 Å². The number of hydrogen-bond donors (Lipinski definition) is 1. The maximum Gasteiger partial charge on any atom is 0.259 e. The predicted molar refractivity (Wildman–Crippen MR) is 109 cm³/mol. The SMILES string of the molecule is CCCCOc1ccc2oc(C)c(C(=O)Nc3cc(OC)ccc3OC)c2c1. The minimum atomic E-state index is -0.284. The molecular weight excluding hydrogens is 358 g/mol. The fraction of sp³-hybridized carbons (Fsp3) is 0.318. The fourth-order valence-corrected chi connectivity index (χ4v) is 3.00. The van der Waals surface area contributed by atoms with E-state index >= 15 is 0 Å². The van der Waals surface area contributed by atoms with Crippen LogP contribution in [0.5, 0.6) is 17.2 Å². The zero-order chi connectivity index (χ0) is 20.1. The minimum Gasteiger partial charge on any atom is -0.497 e. The van der Waals surface area contributed by atoms with Crippen molar-refractivity contribution >= 4 is 22.6 Å². The number of amides is 1. The van der Waals surface area contributed by atoms with E-state index in [9.17, 15) is 4.79 Å². The molecule has 0 saturated carbocycles. The third-order valence-corrected chi connectivity index (χ3v) is 4.48. The Labute approximate surface area is 164 Å². The number of ether oxygens (including phenoxy) is 3. The van der Waals surface area contributed by atoms with E-state index in [2.05, 4.69) is 12.2 Å². The quantitative estimate of drug-likeness (QED) is 0.542. The normalized spacial score (nSPS) is 10.7. The van der Waals surface area contributed by atoms with E-state index in [4.69, 9.17) is 18.6 Å². The average molecular weight is 383 g/mol.